The maximum atomic E-state index is 13.0. The van der Waals surface area contributed by atoms with Gasteiger partial charge in [-0.3, -0.25) is 0 Å². The van der Waals surface area contributed by atoms with Crippen LogP contribution >= 0.6 is 11.3 Å². The largest absolute Gasteiger partial charge is 0.451 e. The van der Waals surface area contributed by atoms with Crippen molar-refractivity contribution in [3.8, 4) is 21.9 Å². The molecule has 0 saturated carbocycles. The number of esters is 1. The van der Waals surface area contributed by atoms with Crippen molar-refractivity contribution in [1.29, 1.82) is 0 Å². The second-order valence-corrected chi connectivity index (χ2v) is 6.46. The number of thiazole rings is 1. The van der Waals surface area contributed by atoms with Gasteiger partial charge >= 0.3 is 5.97 Å². The third kappa shape index (κ3) is 3.93. The molecule has 2 aromatic carbocycles. The molecule has 0 radical (unpaired) electrons. The van der Waals surface area contributed by atoms with Crippen molar-refractivity contribution >= 4 is 17.3 Å². The summed E-state index contributed by atoms with van der Waals surface area (Å²) >= 11 is 1.29. The van der Waals surface area contributed by atoms with Gasteiger partial charge in [-0.15, -0.1) is 11.3 Å². The van der Waals surface area contributed by atoms with Crippen molar-refractivity contribution in [2.24, 2.45) is 0 Å². The number of halogens is 1. The van der Waals surface area contributed by atoms with Gasteiger partial charge in [0.1, 0.15) is 10.8 Å². The van der Waals surface area contributed by atoms with Crippen LogP contribution in [0.3, 0.4) is 0 Å². The summed E-state index contributed by atoms with van der Waals surface area (Å²) in [5, 5.41) is 2.22. The zero-order valence-electron chi connectivity index (χ0n) is 14.0. The molecule has 134 valence electrons. The van der Waals surface area contributed by atoms with Gasteiger partial charge in [-0.25, -0.2) is 19.2 Å². The van der Waals surface area contributed by atoms with Gasteiger partial charge in [0.2, 0.25) is 5.89 Å². The molecule has 0 aliphatic rings. The minimum Gasteiger partial charge on any atom is -0.451 e. The zero-order valence-corrected chi connectivity index (χ0v) is 14.8. The number of rotatable bonds is 5. The van der Waals surface area contributed by atoms with E-state index in [-0.39, 0.29) is 18.1 Å². The lowest BCUT2D eigenvalue weighted by Crippen LogP contribution is -2.05. The predicted octanol–water partition coefficient (Wildman–Crippen LogP) is 4.96. The summed E-state index contributed by atoms with van der Waals surface area (Å²) < 4.78 is 23.8. The Morgan fingerprint density at radius 3 is 2.63 bits per heavy atom. The van der Waals surface area contributed by atoms with Crippen LogP contribution in [0.25, 0.3) is 21.9 Å². The van der Waals surface area contributed by atoms with Crippen LogP contribution < -0.4 is 0 Å². The van der Waals surface area contributed by atoms with Crippen molar-refractivity contribution in [3.63, 3.8) is 0 Å². The van der Waals surface area contributed by atoms with Crippen molar-refractivity contribution in [2.75, 3.05) is 0 Å². The van der Waals surface area contributed by atoms with E-state index in [4.69, 9.17) is 9.15 Å². The van der Waals surface area contributed by atoms with Gasteiger partial charge < -0.3 is 9.15 Å². The number of ether oxygens (including phenoxy) is 1. The second-order valence-electron chi connectivity index (χ2n) is 5.61. The van der Waals surface area contributed by atoms with Crippen LogP contribution in [0, 0.1) is 5.82 Å². The second kappa shape index (κ2) is 7.51. The molecule has 0 fully saturated rings. The van der Waals surface area contributed by atoms with E-state index in [1.807, 2.05) is 30.3 Å². The molecule has 0 bridgehead atoms. The Morgan fingerprint density at radius 1 is 1.07 bits per heavy atom. The normalized spacial score (nSPS) is 10.7. The highest BCUT2D eigenvalue weighted by molar-refractivity contribution is 7.13. The summed E-state index contributed by atoms with van der Waals surface area (Å²) in [6.07, 6.45) is 1.59. The van der Waals surface area contributed by atoms with Crippen LogP contribution in [0.4, 0.5) is 4.39 Å². The van der Waals surface area contributed by atoms with E-state index >= 15 is 0 Å². The lowest BCUT2D eigenvalue weighted by molar-refractivity contribution is 0.0433. The number of nitrogens with zero attached hydrogens (tertiary/aromatic N) is 2. The minimum absolute atomic E-state index is 0.0882. The zero-order chi connectivity index (χ0) is 18.6. The lowest BCUT2D eigenvalue weighted by atomic mass is 10.2. The molecule has 5 nitrogen and oxygen atoms in total. The number of hydrogen-bond donors (Lipinski definition) is 0. The van der Waals surface area contributed by atoms with Crippen LogP contribution in [0.2, 0.25) is 0 Å². The SMILES string of the molecule is O=C(OCc1ncc(-c2ccccc2)o1)c1csc(-c2ccc(F)cc2)n1. The van der Waals surface area contributed by atoms with E-state index in [0.29, 0.717) is 16.7 Å². The standard InChI is InChI=1S/C20H13FN2O3S/c21-15-8-6-14(7-9-15)19-23-16(12-27-19)20(24)25-11-18-22-10-17(26-18)13-4-2-1-3-5-13/h1-10,12H,11H2. The first-order valence-electron chi connectivity index (χ1n) is 8.08. The number of carbonyl (C=O) groups is 1. The highest BCUT2D eigenvalue weighted by atomic mass is 32.1. The average molecular weight is 380 g/mol. The fourth-order valence-electron chi connectivity index (χ4n) is 2.41. The van der Waals surface area contributed by atoms with E-state index in [1.54, 1.807) is 23.7 Å². The maximum absolute atomic E-state index is 13.0. The van der Waals surface area contributed by atoms with E-state index in [0.717, 1.165) is 11.1 Å². The van der Waals surface area contributed by atoms with E-state index in [1.165, 1.54) is 23.5 Å². The summed E-state index contributed by atoms with van der Waals surface area (Å²) in [6.45, 7) is -0.0882. The molecule has 0 saturated heterocycles. The minimum atomic E-state index is -0.570. The Hall–Kier alpha value is -3.32. The molecule has 2 aromatic heterocycles. The van der Waals surface area contributed by atoms with Gasteiger partial charge in [0.15, 0.2) is 18.1 Å². The number of hydrogen-bond acceptors (Lipinski definition) is 6. The number of aromatic nitrogens is 2. The third-order valence-corrected chi connectivity index (χ3v) is 4.63. The first-order chi connectivity index (χ1) is 13.2. The van der Waals surface area contributed by atoms with Gasteiger partial charge in [-0.2, -0.15) is 0 Å². The Labute approximate surface area is 158 Å². The highest BCUT2D eigenvalue weighted by Crippen LogP contribution is 2.24. The van der Waals surface area contributed by atoms with Gasteiger partial charge in [-0.1, -0.05) is 30.3 Å². The lowest BCUT2D eigenvalue weighted by Gasteiger charge is -1.99. The summed E-state index contributed by atoms with van der Waals surface area (Å²) in [4.78, 5) is 20.6. The molecule has 7 heteroatoms. The molecule has 0 N–H and O–H groups in total. The molecule has 0 aliphatic carbocycles. The molecule has 27 heavy (non-hydrogen) atoms. The molecule has 4 rings (SSSR count). The topological polar surface area (TPSA) is 65.2 Å². The summed E-state index contributed by atoms with van der Waals surface area (Å²) in [5.74, 6) is 0.0138. The number of oxazole rings is 1. The number of carbonyl (C=O) groups excluding carboxylic acids is 1. The molecule has 0 atom stereocenters. The first-order valence-corrected chi connectivity index (χ1v) is 8.96. The maximum Gasteiger partial charge on any atom is 0.358 e. The molecule has 4 aromatic rings. The first kappa shape index (κ1) is 17.1. The van der Waals surface area contributed by atoms with Crippen LogP contribution in [0.5, 0.6) is 0 Å². The van der Waals surface area contributed by atoms with Crippen LogP contribution in [-0.2, 0) is 11.3 Å². The molecule has 0 unspecified atom stereocenters. The van der Waals surface area contributed by atoms with Crippen molar-refractivity contribution in [1.82, 2.24) is 9.97 Å². The van der Waals surface area contributed by atoms with E-state index < -0.39 is 5.97 Å². The van der Waals surface area contributed by atoms with Crippen molar-refractivity contribution in [3.05, 3.63) is 83.6 Å². The quantitative estimate of drug-likeness (QED) is 0.458. The predicted molar refractivity (Wildman–Crippen MR) is 98.6 cm³/mol. The Morgan fingerprint density at radius 2 is 1.85 bits per heavy atom. The van der Waals surface area contributed by atoms with Crippen LogP contribution in [-0.4, -0.2) is 15.9 Å². The van der Waals surface area contributed by atoms with Gasteiger partial charge in [0, 0.05) is 16.5 Å². The summed E-state index contributed by atoms with van der Waals surface area (Å²) in [7, 11) is 0. The molecule has 0 spiro atoms. The molecule has 0 aliphatic heterocycles. The fourth-order valence-corrected chi connectivity index (χ4v) is 3.20. The molecule has 2 heterocycles. The Balaban J connectivity index is 1.40. The summed E-state index contributed by atoms with van der Waals surface area (Å²) in [6, 6.07) is 15.4. The average Bonchev–Trinajstić information content (AvgIpc) is 3.37. The molecular weight excluding hydrogens is 367 g/mol. The van der Waals surface area contributed by atoms with Gasteiger partial charge in [-0.05, 0) is 24.3 Å². The highest BCUT2D eigenvalue weighted by Gasteiger charge is 2.15. The smallest absolute Gasteiger partial charge is 0.358 e. The summed E-state index contributed by atoms with van der Waals surface area (Å²) in [5.41, 5.74) is 1.82. The molecule has 0 amide bonds. The van der Waals surface area contributed by atoms with Gasteiger partial charge in [0.05, 0.1) is 6.20 Å². The third-order valence-electron chi connectivity index (χ3n) is 3.74. The van der Waals surface area contributed by atoms with Crippen LogP contribution in [0.1, 0.15) is 16.4 Å². The fraction of sp³-hybridized carbons (Fsp3) is 0.0500. The van der Waals surface area contributed by atoms with E-state index in [9.17, 15) is 9.18 Å². The molecular formula is C20H13FN2O3S. The monoisotopic (exact) mass is 380 g/mol. The number of benzene rings is 2. The Kier molecular flexibility index (Phi) is 4.76. The van der Waals surface area contributed by atoms with Crippen molar-refractivity contribution in [2.45, 2.75) is 6.61 Å². The van der Waals surface area contributed by atoms with Crippen LogP contribution in [0.15, 0.2) is 70.6 Å². The van der Waals surface area contributed by atoms with Crippen molar-refractivity contribution < 1.29 is 18.3 Å². The van der Waals surface area contributed by atoms with E-state index in [2.05, 4.69) is 9.97 Å². The van der Waals surface area contributed by atoms with Gasteiger partial charge in [0.25, 0.3) is 0 Å². The Bertz CT molecular complexity index is 1060.